The average molecular weight is 250 g/mol. The molecule has 1 aromatic heterocycles. The average Bonchev–Trinajstić information content (AvgIpc) is 2.92. The summed E-state index contributed by atoms with van der Waals surface area (Å²) in [6, 6.07) is 0.310. The van der Waals surface area contributed by atoms with Crippen molar-refractivity contribution in [2.24, 2.45) is 0 Å². The molecule has 0 atom stereocenters. The van der Waals surface area contributed by atoms with Crippen LogP contribution in [-0.4, -0.2) is 46.7 Å². The number of carbonyl (C=O) groups excluding carboxylic acids is 1. The zero-order chi connectivity index (χ0) is 12.8. The molecule has 5 heteroatoms. The number of nitrogens with zero attached hydrogens (tertiary/aromatic N) is 2. The van der Waals surface area contributed by atoms with Gasteiger partial charge in [-0.2, -0.15) is 5.10 Å². The summed E-state index contributed by atoms with van der Waals surface area (Å²) in [5.74, 6) is -0.0178. The molecule has 2 rings (SSSR count). The van der Waals surface area contributed by atoms with E-state index in [4.69, 9.17) is 0 Å². The molecule has 0 aromatic carbocycles. The Labute approximate surface area is 108 Å². The van der Waals surface area contributed by atoms with Crippen molar-refractivity contribution >= 4 is 5.91 Å². The summed E-state index contributed by atoms with van der Waals surface area (Å²) in [5.41, 5.74) is 0.614. The first-order valence-corrected chi connectivity index (χ1v) is 6.81. The second-order valence-electron chi connectivity index (χ2n) is 4.93. The van der Waals surface area contributed by atoms with Crippen LogP contribution >= 0.6 is 0 Å². The lowest BCUT2D eigenvalue weighted by Gasteiger charge is -2.32. The lowest BCUT2D eigenvalue weighted by molar-refractivity contribution is 0.0911. The second-order valence-corrected chi connectivity index (χ2v) is 4.93. The van der Waals surface area contributed by atoms with Crippen molar-refractivity contribution in [3.63, 3.8) is 0 Å². The van der Waals surface area contributed by atoms with E-state index >= 15 is 0 Å². The quantitative estimate of drug-likeness (QED) is 0.830. The van der Waals surface area contributed by atoms with Crippen LogP contribution in [0.5, 0.6) is 0 Å². The number of aromatic amines is 1. The van der Waals surface area contributed by atoms with Crippen LogP contribution in [0.2, 0.25) is 0 Å². The number of rotatable bonds is 5. The topological polar surface area (TPSA) is 61.0 Å². The normalized spacial score (nSPS) is 17.8. The number of aromatic nitrogens is 2. The van der Waals surface area contributed by atoms with Gasteiger partial charge in [0.2, 0.25) is 0 Å². The number of amides is 1. The molecule has 0 bridgehead atoms. The lowest BCUT2D eigenvalue weighted by atomic mass is 10.0. The maximum Gasteiger partial charge on any atom is 0.254 e. The molecule has 1 saturated heterocycles. The predicted molar refractivity (Wildman–Crippen MR) is 70.4 cm³/mol. The Morgan fingerprint density at radius 1 is 1.56 bits per heavy atom. The van der Waals surface area contributed by atoms with Crippen LogP contribution < -0.4 is 5.32 Å². The summed E-state index contributed by atoms with van der Waals surface area (Å²) in [7, 11) is 0. The highest BCUT2D eigenvalue weighted by molar-refractivity contribution is 5.93. The summed E-state index contributed by atoms with van der Waals surface area (Å²) in [6.07, 6.45) is 7.81. The van der Waals surface area contributed by atoms with Gasteiger partial charge in [-0.05, 0) is 25.8 Å². The van der Waals surface area contributed by atoms with E-state index in [9.17, 15) is 4.79 Å². The Bertz CT molecular complexity index is 355. The van der Waals surface area contributed by atoms with Crippen LogP contribution in [0.3, 0.4) is 0 Å². The van der Waals surface area contributed by atoms with Gasteiger partial charge in [0.1, 0.15) is 0 Å². The number of H-pyrrole nitrogens is 1. The van der Waals surface area contributed by atoms with E-state index in [2.05, 4.69) is 27.3 Å². The third-order valence-electron chi connectivity index (χ3n) is 3.51. The monoisotopic (exact) mass is 250 g/mol. The number of likely N-dealkylation sites (tertiary alicyclic amines) is 1. The van der Waals surface area contributed by atoms with E-state index in [0.29, 0.717) is 11.6 Å². The van der Waals surface area contributed by atoms with Crippen LogP contribution in [-0.2, 0) is 0 Å². The highest BCUT2D eigenvalue weighted by Gasteiger charge is 2.20. The van der Waals surface area contributed by atoms with E-state index in [-0.39, 0.29) is 5.91 Å². The number of hydrogen-bond donors (Lipinski definition) is 2. The Morgan fingerprint density at radius 3 is 2.94 bits per heavy atom. The molecule has 1 aromatic rings. The van der Waals surface area contributed by atoms with Gasteiger partial charge in [0, 0.05) is 25.3 Å². The zero-order valence-electron chi connectivity index (χ0n) is 11.0. The number of piperidine rings is 1. The fourth-order valence-corrected chi connectivity index (χ4v) is 2.33. The van der Waals surface area contributed by atoms with E-state index in [1.807, 2.05) is 0 Å². The van der Waals surface area contributed by atoms with Gasteiger partial charge in [-0.1, -0.05) is 13.3 Å². The Hall–Kier alpha value is -1.36. The maximum atomic E-state index is 11.8. The van der Waals surface area contributed by atoms with E-state index in [1.165, 1.54) is 19.4 Å². The SMILES string of the molecule is CCCCN1CCC(NC(=O)c2cn[nH]c2)CC1. The molecule has 18 heavy (non-hydrogen) atoms. The molecular weight excluding hydrogens is 228 g/mol. The van der Waals surface area contributed by atoms with Gasteiger partial charge in [-0.3, -0.25) is 9.89 Å². The van der Waals surface area contributed by atoms with Crippen LogP contribution in [0.15, 0.2) is 12.4 Å². The largest absolute Gasteiger partial charge is 0.349 e. The third kappa shape index (κ3) is 3.57. The summed E-state index contributed by atoms with van der Waals surface area (Å²) in [6.45, 7) is 5.60. The molecule has 0 aliphatic carbocycles. The van der Waals surface area contributed by atoms with Gasteiger partial charge in [0.25, 0.3) is 5.91 Å². The van der Waals surface area contributed by atoms with Crippen molar-refractivity contribution in [2.75, 3.05) is 19.6 Å². The summed E-state index contributed by atoms with van der Waals surface area (Å²) < 4.78 is 0. The molecule has 0 unspecified atom stereocenters. The highest BCUT2D eigenvalue weighted by Crippen LogP contribution is 2.11. The van der Waals surface area contributed by atoms with Crippen molar-refractivity contribution in [3.05, 3.63) is 18.0 Å². The standard InChI is InChI=1S/C13H22N4O/c1-2-3-6-17-7-4-12(5-8-17)16-13(18)11-9-14-15-10-11/h9-10,12H,2-8H2,1H3,(H,14,15)(H,16,18). The first-order chi connectivity index (χ1) is 8.79. The number of carbonyl (C=O) groups is 1. The first kappa shape index (κ1) is 13.1. The first-order valence-electron chi connectivity index (χ1n) is 6.81. The van der Waals surface area contributed by atoms with Gasteiger partial charge < -0.3 is 10.2 Å². The van der Waals surface area contributed by atoms with Crippen LogP contribution in [0.1, 0.15) is 43.0 Å². The molecular formula is C13H22N4O. The minimum atomic E-state index is -0.0178. The molecule has 0 spiro atoms. The van der Waals surface area contributed by atoms with E-state index in [1.54, 1.807) is 12.4 Å². The van der Waals surface area contributed by atoms with Crippen molar-refractivity contribution in [1.29, 1.82) is 0 Å². The predicted octanol–water partition coefficient (Wildman–Crippen LogP) is 1.40. The van der Waals surface area contributed by atoms with Gasteiger partial charge in [-0.25, -0.2) is 0 Å². The minimum Gasteiger partial charge on any atom is -0.349 e. The zero-order valence-corrected chi connectivity index (χ0v) is 11.0. The minimum absolute atomic E-state index is 0.0178. The molecule has 5 nitrogen and oxygen atoms in total. The fraction of sp³-hybridized carbons (Fsp3) is 0.692. The van der Waals surface area contributed by atoms with Gasteiger partial charge in [0.05, 0.1) is 11.8 Å². The molecule has 1 aliphatic heterocycles. The van der Waals surface area contributed by atoms with E-state index in [0.717, 1.165) is 25.9 Å². The summed E-state index contributed by atoms with van der Waals surface area (Å²) in [4.78, 5) is 14.3. The fourth-order valence-electron chi connectivity index (χ4n) is 2.33. The molecule has 0 radical (unpaired) electrons. The Morgan fingerprint density at radius 2 is 2.33 bits per heavy atom. The Balaban J connectivity index is 1.72. The van der Waals surface area contributed by atoms with Crippen LogP contribution in [0.4, 0.5) is 0 Å². The number of unbranched alkanes of at least 4 members (excludes halogenated alkanes) is 1. The molecule has 2 N–H and O–H groups in total. The van der Waals surface area contributed by atoms with Crippen LogP contribution in [0.25, 0.3) is 0 Å². The van der Waals surface area contributed by atoms with Gasteiger partial charge in [0.15, 0.2) is 0 Å². The van der Waals surface area contributed by atoms with Crippen molar-refractivity contribution in [2.45, 2.75) is 38.6 Å². The highest BCUT2D eigenvalue weighted by atomic mass is 16.1. The second kappa shape index (κ2) is 6.54. The van der Waals surface area contributed by atoms with E-state index < -0.39 is 0 Å². The maximum absolute atomic E-state index is 11.8. The van der Waals surface area contributed by atoms with Crippen molar-refractivity contribution < 1.29 is 4.79 Å². The van der Waals surface area contributed by atoms with Gasteiger partial charge in [-0.15, -0.1) is 0 Å². The molecule has 100 valence electrons. The Kier molecular flexibility index (Phi) is 4.75. The van der Waals surface area contributed by atoms with Crippen molar-refractivity contribution in [1.82, 2.24) is 20.4 Å². The molecule has 0 saturated carbocycles. The molecule has 2 heterocycles. The summed E-state index contributed by atoms with van der Waals surface area (Å²) in [5, 5.41) is 9.52. The number of hydrogen-bond acceptors (Lipinski definition) is 3. The number of nitrogens with one attached hydrogen (secondary N) is 2. The van der Waals surface area contributed by atoms with Crippen molar-refractivity contribution in [3.8, 4) is 0 Å². The molecule has 1 fully saturated rings. The lowest BCUT2D eigenvalue weighted by Crippen LogP contribution is -2.44. The molecule has 1 aliphatic rings. The smallest absolute Gasteiger partial charge is 0.254 e. The summed E-state index contributed by atoms with van der Waals surface area (Å²) >= 11 is 0. The third-order valence-corrected chi connectivity index (χ3v) is 3.51. The van der Waals surface area contributed by atoms with Crippen LogP contribution in [0, 0.1) is 0 Å². The van der Waals surface area contributed by atoms with Gasteiger partial charge >= 0.3 is 0 Å². The molecule has 1 amide bonds.